The predicted octanol–water partition coefficient (Wildman–Crippen LogP) is 3.46. The molecule has 1 aromatic carbocycles. The summed E-state index contributed by atoms with van der Waals surface area (Å²) in [6.07, 6.45) is 3.85. The van der Waals surface area contributed by atoms with E-state index in [0.29, 0.717) is 22.2 Å². The molecule has 0 bridgehead atoms. The number of carbonyl (C=O) groups excluding carboxylic acids is 1. The second-order valence-electron chi connectivity index (χ2n) is 7.27. The molecular weight excluding hydrogens is 394 g/mol. The van der Waals surface area contributed by atoms with Gasteiger partial charge in [0.1, 0.15) is 17.6 Å². The van der Waals surface area contributed by atoms with Crippen molar-refractivity contribution in [1.82, 2.24) is 0 Å². The summed E-state index contributed by atoms with van der Waals surface area (Å²) >= 11 is 1.43. The molecule has 0 spiro atoms. The number of hydrogen-bond donors (Lipinski definition) is 1. The van der Waals surface area contributed by atoms with Gasteiger partial charge in [-0.05, 0) is 49.3 Å². The zero-order valence-corrected chi connectivity index (χ0v) is 17.8. The smallest absolute Gasteiger partial charge is 0.245 e. The highest BCUT2D eigenvalue weighted by Gasteiger charge is 2.26. The number of carbonyl (C=O) groups is 1. The number of thiophene rings is 1. The fourth-order valence-electron chi connectivity index (χ4n) is 3.48. The second kappa shape index (κ2) is 7.94. The third-order valence-electron chi connectivity index (χ3n) is 4.95. The summed E-state index contributed by atoms with van der Waals surface area (Å²) < 4.78 is 25.7. The van der Waals surface area contributed by atoms with Gasteiger partial charge in [-0.25, -0.2) is 8.42 Å². The van der Waals surface area contributed by atoms with Crippen LogP contribution in [0.1, 0.15) is 34.9 Å². The molecule has 148 valence electrons. The van der Waals surface area contributed by atoms with Crippen molar-refractivity contribution in [3.8, 4) is 6.07 Å². The van der Waals surface area contributed by atoms with Crippen LogP contribution in [0.15, 0.2) is 24.3 Å². The number of rotatable bonds is 5. The summed E-state index contributed by atoms with van der Waals surface area (Å²) in [7, 11) is -3.64. The molecule has 1 heterocycles. The van der Waals surface area contributed by atoms with Crippen LogP contribution < -0.4 is 9.62 Å². The van der Waals surface area contributed by atoms with Crippen LogP contribution >= 0.6 is 11.3 Å². The van der Waals surface area contributed by atoms with Gasteiger partial charge in [-0.15, -0.1) is 11.3 Å². The molecule has 1 aromatic heterocycles. The van der Waals surface area contributed by atoms with E-state index in [0.717, 1.165) is 45.8 Å². The summed E-state index contributed by atoms with van der Waals surface area (Å²) in [5.74, 6) is 0.0971. The number of sulfonamides is 1. The van der Waals surface area contributed by atoms with Gasteiger partial charge in [-0.3, -0.25) is 9.10 Å². The van der Waals surface area contributed by atoms with E-state index in [4.69, 9.17) is 0 Å². The van der Waals surface area contributed by atoms with E-state index in [9.17, 15) is 18.5 Å². The number of amides is 1. The molecule has 0 aliphatic heterocycles. The number of nitrogens with zero attached hydrogens (tertiary/aromatic N) is 2. The maximum absolute atomic E-state index is 12.7. The van der Waals surface area contributed by atoms with Crippen molar-refractivity contribution < 1.29 is 13.2 Å². The number of para-hydroxylation sites is 1. The van der Waals surface area contributed by atoms with Crippen LogP contribution in [0.2, 0.25) is 0 Å². The number of nitriles is 1. The summed E-state index contributed by atoms with van der Waals surface area (Å²) in [5.41, 5.74) is 2.78. The lowest BCUT2D eigenvalue weighted by molar-refractivity contribution is -0.114. The molecule has 1 aliphatic rings. The molecule has 0 unspecified atom stereocenters. The van der Waals surface area contributed by atoms with Gasteiger partial charge in [0.2, 0.25) is 15.9 Å². The quantitative estimate of drug-likeness (QED) is 0.807. The normalized spacial score (nSPS) is 16.1. The first-order valence-electron chi connectivity index (χ1n) is 9.08. The number of nitrogens with one attached hydrogen (secondary N) is 1. The van der Waals surface area contributed by atoms with Gasteiger partial charge in [0.05, 0.1) is 17.5 Å². The fraction of sp³-hybridized carbons (Fsp3) is 0.400. The number of aryl methyl sites for hydroxylation is 1. The van der Waals surface area contributed by atoms with Crippen LogP contribution in [0.4, 0.5) is 10.7 Å². The van der Waals surface area contributed by atoms with Crippen molar-refractivity contribution in [3.63, 3.8) is 0 Å². The summed E-state index contributed by atoms with van der Waals surface area (Å²) in [6, 6.07) is 9.24. The molecular formula is C20H23N3O3S2. The number of benzene rings is 1. The molecule has 1 N–H and O–H groups in total. The van der Waals surface area contributed by atoms with Gasteiger partial charge < -0.3 is 5.32 Å². The second-order valence-corrected chi connectivity index (χ2v) is 10.3. The van der Waals surface area contributed by atoms with E-state index >= 15 is 0 Å². The fourth-order valence-corrected chi connectivity index (χ4v) is 5.77. The molecule has 1 atom stereocenters. The Morgan fingerprint density at radius 2 is 2.11 bits per heavy atom. The zero-order chi connectivity index (χ0) is 20.5. The van der Waals surface area contributed by atoms with Crippen molar-refractivity contribution in [2.75, 3.05) is 22.4 Å². The lowest BCUT2D eigenvalue weighted by Gasteiger charge is -2.23. The molecule has 1 aliphatic carbocycles. The van der Waals surface area contributed by atoms with Crippen LogP contribution in [0.3, 0.4) is 0 Å². The van der Waals surface area contributed by atoms with Crippen molar-refractivity contribution in [2.45, 2.75) is 33.1 Å². The van der Waals surface area contributed by atoms with E-state index in [-0.39, 0.29) is 6.54 Å². The molecule has 1 amide bonds. The zero-order valence-electron chi connectivity index (χ0n) is 16.2. The minimum Gasteiger partial charge on any atom is -0.315 e. The molecule has 0 radical (unpaired) electrons. The SMILES string of the molecule is Cc1ccccc1N(CC(=O)Nc1sc2c(c1C#N)CC[C@@H](C)C2)S(C)(=O)=O. The Hall–Kier alpha value is -2.37. The first-order valence-corrected chi connectivity index (χ1v) is 11.7. The van der Waals surface area contributed by atoms with Crippen molar-refractivity contribution in [3.05, 3.63) is 45.8 Å². The van der Waals surface area contributed by atoms with E-state index < -0.39 is 15.9 Å². The minimum atomic E-state index is -3.64. The Morgan fingerprint density at radius 3 is 2.75 bits per heavy atom. The first-order chi connectivity index (χ1) is 13.2. The Kier molecular flexibility index (Phi) is 5.77. The lowest BCUT2D eigenvalue weighted by Crippen LogP contribution is -2.37. The van der Waals surface area contributed by atoms with E-state index in [1.807, 2.05) is 6.07 Å². The van der Waals surface area contributed by atoms with Crippen molar-refractivity contribution >= 4 is 38.0 Å². The summed E-state index contributed by atoms with van der Waals surface area (Å²) in [5, 5.41) is 12.9. The highest BCUT2D eigenvalue weighted by Crippen LogP contribution is 2.39. The number of hydrogen-bond acceptors (Lipinski definition) is 5. The molecule has 8 heteroatoms. The molecule has 3 rings (SSSR count). The molecule has 28 heavy (non-hydrogen) atoms. The van der Waals surface area contributed by atoms with E-state index in [1.165, 1.54) is 11.3 Å². The van der Waals surface area contributed by atoms with Crippen LogP contribution in [-0.4, -0.2) is 27.1 Å². The molecule has 0 fully saturated rings. The van der Waals surface area contributed by atoms with Crippen LogP contribution in [0.5, 0.6) is 0 Å². The van der Waals surface area contributed by atoms with Crippen LogP contribution in [0.25, 0.3) is 0 Å². The average Bonchev–Trinajstić information content (AvgIpc) is 2.95. The molecule has 0 saturated carbocycles. The monoisotopic (exact) mass is 417 g/mol. The van der Waals surface area contributed by atoms with Gasteiger partial charge in [-0.1, -0.05) is 25.1 Å². The van der Waals surface area contributed by atoms with Crippen LogP contribution in [0, 0.1) is 24.2 Å². The third kappa shape index (κ3) is 4.21. The van der Waals surface area contributed by atoms with Gasteiger partial charge in [0.15, 0.2) is 0 Å². The summed E-state index contributed by atoms with van der Waals surface area (Å²) in [6.45, 7) is 3.64. The van der Waals surface area contributed by atoms with Crippen molar-refractivity contribution in [2.24, 2.45) is 5.92 Å². The largest absolute Gasteiger partial charge is 0.315 e. The maximum Gasteiger partial charge on any atom is 0.245 e. The molecule has 6 nitrogen and oxygen atoms in total. The van der Waals surface area contributed by atoms with E-state index in [2.05, 4.69) is 18.3 Å². The highest BCUT2D eigenvalue weighted by atomic mass is 32.2. The summed E-state index contributed by atoms with van der Waals surface area (Å²) in [4.78, 5) is 13.8. The number of fused-ring (bicyclic) bond motifs is 1. The lowest BCUT2D eigenvalue weighted by atomic mass is 9.89. The predicted molar refractivity (Wildman–Crippen MR) is 112 cm³/mol. The van der Waals surface area contributed by atoms with Gasteiger partial charge in [0, 0.05) is 4.88 Å². The van der Waals surface area contributed by atoms with E-state index in [1.54, 1.807) is 25.1 Å². The van der Waals surface area contributed by atoms with Crippen LogP contribution in [-0.2, 0) is 27.7 Å². The van der Waals surface area contributed by atoms with Gasteiger partial charge in [-0.2, -0.15) is 5.26 Å². The van der Waals surface area contributed by atoms with Gasteiger partial charge in [0.25, 0.3) is 0 Å². The average molecular weight is 418 g/mol. The minimum absolute atomic E-state index is 0.340. The third-order valence-corrected chi connectivity index (χ3v) is 7.24. The van der Waals surface area contributed by atoms with Crippen molar-refractivity contribution in [1.29, 1.82) is 5.26 Å². The standard InChI is InChI=1S/C20H23N3O3S2/c1-13-8-9-15-16(11-21)20(27-18(15)10-13)22-19(24)12-23(28(3,25)26)17-7-5-4-6-14(17)2/h4-7,13H,8-10,12H2,1-3H3,(H,22,24)/t13-/m1/s1. The number of anilines is 2. The highest BCUT2D eigenvalue weighted by molar-refractivity contribution is 7.92. The first kappa shape index (κ1) is 20.4. The van der Waals surface area contributed by atoms with Gasteiger partial charge >= 0.3 is 0 Å². The Labute approximate surface area is 169 Å². The Balaban J connectivity index is 1.85. The Bertz CT molecular complexity index is 1050. The topological polar surface area (TPSA) is 90.3 Å². The maximum atomic E-state index is 12.7. The molecule has 2 aromatic rings. The Morgan fingerprint density at radius 1 is 1.39 bits per heavy atom. The molecule has 0 saturated heterocycles.